The van der Waals surface area contributed by atoms with E-state index in [-0.39, 0.29) is 18.3 Å². The largest absolute Gasteiger partial charge is 0.416 e. The van der Waals surface area contributed by atoms with Crippen molar-refractivity contribution in [3.05, 3.63) is 59.7 Å². The van der Waals surface area contributed by atoms with E-state index < -0.39 is 17.6 Å². The van der Waals surface area contributed by atoms with Crippen molar-refractivity contribution in [2.45, 2.75) is 25.9 Å². The summed E-state index contributed by atoms with van der Waals surface area (Å²) in [6, 6.07) is 11.8. The number of rotatable bonds is 5. The molecule has 29 heavy (non-hydrogen) atoms. The van der Waals surface area contributed by atoms with Crippen LogP contribution in [0.1, 0.15) is 30.9 Å². The van der Waals surface area contributed by atoms with E-state index in [9.17, 15) is 22.8 Å². The van der Waals surface area contributed by atoms with Crippen molar-refractivity contribution in [2.75, 3.05) is 29.9 Å². The molecule has 154 valence electrons. The molecule has 3 amide bonds. The Hall–Kier alpha value is -3.03. The van der Waals surface area contributed by atoms with E-state index in [2.05, 4.69) is 19.2 Å². The van der Waals surface area contributed by atoms with Crippen molar-refractivity contribution in [1.29, 1.82) is 0 Å². The number of urea groups is 1. The van der Waals surface area contributed by atoms with Crippen LogP contribution in [0.15, 0.2) is 48.5 Å². The van der Waals surface area contributed by atoms with Gasteiger partial charge in [-0.15, -0.1) is 0 Å². The van der Waals surface area contributed by atoms with Crippen molar-refractivity contribution < 1.29 is 22.8 Å². The van der Waals surface area contributed by atoms with Crippen molar-refractivity contribution >= 4 is 23.3 Å². The summed E-state index contributed by atoms with van der Waals surface area (Å²) in [6.07, 6.45) is -4.49. The van der Waals surface area contributed by atoms with Crippen molar-refractivity contribution in [2.24, 2.45) is 0 Å². The van der Waals surface area contributed by atoms with Crippen molar-refractivity contribution in [1.82, 2.24) is 4.90 Å². The number of anilines is 2. The molecule has 2 aromatic rings. The van der Waals surface area contributed by atoms with Gasteiger partial charge in [-0.05, 0) is 41.8 Å². The summed E-state index contributed by atoms with van der Waals surface area (Å²) < 4.78 is 38.4. The highest BCUT2D eigenvalue weighted by Gasteiger charge is 2.32. The second kappa shape index (κ2) is 8.14. The summed E-state index contributed by atoms with van der Waals surface area (Å²) in [5, 5.41) is 2.43. The highest BCUT2D eigenvalue weighted by molar-refractivity contribution is 5.99. The monoisotopic (exact) mass is 405 g/mol. The highest BCUT2D eigenvalue weighted by atomic mass is 19.4. The lowest BCUT2D eigenvalue weighted by atomic mass is 10.0. The number of halogens is 3. The SMILES string of the molecule is CC(C)c1ccc(N2CCN(CC(=O)Nc3cccc(C(F)(F)F)c3)C2=O)cc1. The van der Waals surface area contributed by atoms with Crippen LogP contribution in [-0.2, 0) is 11.0 Å². The number of nitrogens with one attached hydrogen (secondary N) is 1. The van der Waals surface area contributed by atoms with Crippen LogP contribution in [0.5, 0.6) is 0 Å². The zero-order valence-electron chi connectivity index (χ0n) is 16.2. The van der Waals surface area contributed by atoms with E-state index in [1.165, 1.54) is 17.0 Å². The predicted octanol–water partition coefficient (Wildman–Crippen LogP) is 4.71. The van der Waals surface area contributed by atoms with Crippen LogP contribution >= 0.6 is 0 Å². The molecule has 1 fully saturated rings. The molecule has 0 unspecified atom stereocenters. The molecule has 0 aromatic heterocycles. The average Bonchev–Trinajstić information content (AvgIpc) is 3.01. The van der Waals surface area contributed by atoms with Gasteiger partial charge in [-0.3, -0.25) is 9.69 Å². The second-order valence-corrected chi connectivity index (χ2v) is 7.23. The van der Waals surface area contributed by atoms with E-state index in [4.69, 9.17) is 0 Å². The third-order valence-corrected chi connectivity index (χ3v) is 4.77. The Morgan fingerprint density at radius 2 is 1.79 bits per heavy atom. The van der Waals surface area contributed by atoms with Crippen LogP contribution < -0.4 is 10.2 Å². The van der Waals surface area contributed by atoms with Gasteiger partial charge in [-0.1, -0.05) is 32.0 Å². The third-order valence-electron chi connectivity index (χ3n) is 4.77. The number of hydrogen-bond acceptors (Lipinski definition) is 2. The highest BCUT2D eigenvalue weighted by Crippen LogP contribution is 2.30. The minimum Gasteiger partial charge on any atom is -0.325 e. The molecule has 1 saturated heterocycles. The van der Waals surface area contributed by atoms with E-state index in [1.54, 1.807) is 4.90 Å². The molecule has 1 aliphatic heterocycles. The standard InChI is InChI=1S/C21H22F3N3O2/c1-14(2)15-6-8-18(9-7-15)27-11-10-26(20(27)29)13-19(28)25-17-5-3-4-16(12-17)21(22,23)24/h3-9,12,14H,10-11,13H2,1-2H3,(H,25,28). The van der Waals surface area contributed by atoms with E-state index >= 15 is 0 Å². The fourth-order valence-electron chi connectivity index (χ4n) is 3.16. The number of amides is 3. The molecule has 5 nitrogen and oxygen atoms in total. The minimum absolute atomic E-state index is 0.0394. The fourth-order valence-corrected chi connectivity index (χ4v) is 3.16. The fraction of sp³-hybridized carbons (Fsp3) is 0.333. The molecule has 0 radical (unpaired) electrons. The number of alkyl halides is 3. The van der Waals surface area contributed by atoms with Crippen LogP contribution in [0.3, 0.4) is 0 Å². The number of nitrogens with zero attached hydrogens (tertiary/aromatic N) is 2. The van der Waals surface area contributed by atoms with Gasteiger partial charge in [0.1, 0.15) is 6.54 Å². The topological polar surface area (TPSA) is 52.6 Å². The van der Waals surface area contributed by atoms with Gasteiger partial charge < -0.3 is 10.2 Å². The number of carbonyl (C=O) groups excluding carboxylic acids is 2. The average molecular weight is 405 g/mol. The Morgan fingerprint density at radius 3 is 2.41 bits per heavy atom. The molecular formula is C21H22F3N3O2. The molecule has 2 aromatic carbocycles. The maximum Gasteiger partial charge on any atom is 0.416 e. The molecule has 0 spiro atoms. The normalized spacial score (nSPS) is 14.6. The van der Waals surface area contributed by atoms with Crippen LogP contribution in [0.25, 0.3) is 0 Å². The number of carbonyl (C=O) groups is 2. The van der Waals surface area contributed by atoms with E-state index in [0.717, 1.165) is 23.4 Å². The quantitative estimate of drug-likeness (QED) is 0.783. The Morgan fingerprint density at radius 1 is 1.10 bits per heavy atom. The Kier molecular flexibility index (Phi) is 5.81. The molecule has 3 rings (SSSR count). The first-order valence-electron chi connectivity index (χ1n) is 9.28. The van der Waals surface area contributed by atoms with Crippen LogP contribution in [0.2, 0.25) is 0 Å². The Bertz CT molecular complexity index is 895. The third kappa shape index (κ3) is 4.88. The Balaban J connectivity index is 1.61. The van der Waals surface area contributed by atoms with Gasteiger partial charge in [0, 0.05) is 24.5 Å². The van der Waals surface area contributed by atoms with Gasteiger partial charge in [-0.2, -0.15) is 13.2 Å². The second-order valence-electron chi connectivity index (χ2n) is 7.23. The summed E-state index contributed by atoms with van der Waals surface area (Å²) >= 11 is 0. The maximum absolute atomic E-state index is 12.8. The van der Waals surface area contributed by atoms with Gasteiger partial charge in [0.25, 0.3) is 0 Å². The van der Waals surface area contributed by atoms with E-state index in [1.807, 2.05) is 24.3 Å². The van der Waals surface area contributed by atoms with Crippen LogP contribution in [0, 0.1) is 0 Å². The van der Waals surface area contributed by atoms with Crippen LogP contribution in [-0.4, -0.2) is 36.5 Å². The summed E-state index contributed by atoms with van der Waals surface area (Å²) in [4.78, 5) is 27.8. The molecule has 0 aliphatic carbocycles. The summed E-state index contributed by atoms with van der Waals surface area (Å²) in [5.74, 6) is -0.163. The summed E-state index contributed by atoms with van der Waals surface area (Å²) in [6.45, 7) is 4.74. The molecule has 1 N–H and O–H groups in total. The van der Waals surface area contributed by atoms with E-state index in [0.29, 0.717) is 19.0 Å². The number of hydrogen-bond donors (Lipinski definition) is 1. The van der Waals surface area contributed by atoms with Gasteiger partial charge >= 0.3 is 12.2 Å². The molecule has 8 heteroatoms. The number of benzene rings is 2. The summed E-state index contributed by atoms with van der Waals surface area (Å²) in [5.41, 5.74) is 1.11. The molecule has 0 saturated carbocycles. The minimum atomic E-state index is -4.49. The van der Waals surface area contributed by atoms with Gasteiger partial charge in [-0.25, -0.2) is 4.79 Å². The first kappa shape index (κ1) is 20.7. The maximum atomic E-state index is 12.8. The molecular weight excluding hydrogens is 383 g/mol. The predicted molar refractivity (Wildman–Crippen MR) is 105 cm³/mol. The first-order chi connectivity index (χ1) is 13.6. The van der Waals surface area contributed by atoms with Crippen molar-refractivity contribution in [3.63, 3.8) is 0 Å². The molecule has 0 atom stereocenters. The molecule has 0 bridgehead atoms. The smallest absolute Gasteiger partial charge is 0.325 e. The lowest BCUT2D eigenvalue weighted by Crippen LogP contribution is -2.37. The zero-order valence-corrected chi connectivity index (χ0v) is 16.2. The van der Waals surface area contributed by atoms with Crippen molar-refractivity contribution in [3.8, 4) is 0 Å². The summed E-state index contributed by atoms with van der Waals surface area (Å²) in [7, 11) is 0. The van der Waals surface area contributed by atoms with Gasteiger partial charge in [0.05, 0.1) is 5.56 Å². The lowest BCUT2D eigenvalue weighted by Gasteiger charge is -2.19. The lowest BCUT2D eigenvalue weighted by molar-refractivity contribution is -0.137. The van der Waals surface area contributed by atoms with Gasteiger partial charge in [0.2, 0.25) is 5.91 Å². The van der Waals surface area contributed by atoms with Crippen LogP contribution in [0.4, 0.5) is 29.3 Å². The first-order valence-corrected chi connectivity index (χ1v) is 9.28. The Labute approximate surface area is 167 Å². The molecule has 1 aliphatic rings. The molecule has 1 heterocycles. The zero-order chi connectivity index (χ0) is 21.2. The van der Waals surface area contributed by atoms with Gasteiger partial charge in [0.15, 0.2) is 0 Å².